The van der Waals surface area contributed by atoms with Crippen LogP contribution in [0.2, 0.25) is 51.4 Å². The van der Waals surface area contributed by atoms with Gasteiger partial charge in [0.1, 0.15) is 18.2 Å². The number of hydrogen-bond acceptors (Lipinski definition) is 8. The number of benzene rings is 2. The summed E-state index contributed by atoms with van der Waals surface area (Å²) in [6.07, 6.45) is -0.0237. The number of amides is 1. The number of carbonyl (C=O) groups is 1. The van der Waals surface area contributed by atoms with Crippen molar-refractivity contribution in [3.63, 3.8) is 0 Å². The molecule has 2 rings (SSSR count). The predicted molar refractivity (Wildman–Crippen MR) is 180 cm³/mol. The van der Waals surface area contributed by atoms with Gasteiger partial charge in [0.05, 0.1) is 18.0 Å². The number of aliphatic hydroxyl groups excluding tert-OH is 1. The van der Waals surface area contributed by atoms with Gasteiger partial charge >= 0.3 is 0 Å². The predicted octanol–water partition coefficient (Wildman–Crippen LogP) is 5.45. The first-order valence-corrected chi connectivity index (χ1v) is 24.2. The lowest BCUT2D eigenvalue weighted by Gasteiger charge is -2.26. The molecule has 0 fully saturated rings. The third-order valence-corrected chi connectivity index (χ3v) is 11.3. The maximum absolute atomic E-state index is 12.9. The van der Waals surface area contributed by atoms with Gasteiger partial charge in [0.2, 0.25) is 10.0 Å². The summed E-state index contributed by atoms with van der Waals surface area (Å²) in [6, 6.07) is 13.7. The van der Waals surface area contributed by atoms with Crippen LogP contribution in [0.1, 0.15) is 11.7 Å². The normalized spacial score (nSPS) is 13.0. The van der Waals surface area contributed by atoms with E-state index in [0.717, 1.165) is 27.1 Å². The van der Waals surface area contributed by atoms with Crippen molar-refractivity contribution in [2.75, 3.05) is 50.5 Å². The van der Waals surface area contributed by atoms with E-state index < -0.39 is 38.2 Å². The van der Waals surface area contributed by atoms with Crippen molar-refractivity contribution in [3.05, 3.63) is 52.5 Å². The fourth-order valence-electron chi connectivity index (χ4n) is 3.53. The summed E-state index contributed by atoms with van der Waals surface area (Å²) in [7, 11) is -6.45. The van der Waals surface area contributed by atoms with Gasteiger partial charge in [-0.05, 0) is 54.0 Å². The maximum atomic E-state index is 12.9. The van der Waals surface area contributed by atoms with Crippen LogP contribution < -0.4 is 19.1 Å². The molecule has 0 unspecified atom stereocenters. The molecule has 2 N–H and O–H groups in total. The van der Waals surface area contributed by atoms with Crippen LogP contribution in [0.3, 0.4) is 0 Å². The summed E-state index contributed by atoms with van der Waals surface area (Å²) in [4.78, 5) is 12.3. The van der Waals surface area contributed by atoms with Crippen molar-refractivity contribution < 1.29 is 37.3 Å². The molecule has 1 atom stereocenters. The number of anilines is 1. The number of hydrogen-bond donors (Lipinski definition) is 2. The average Bonchev–Trinajstić information content (AvgIpc) is 2.89. The Kier molecular flexibility index (Phi) is 14.7. The summed E-state index contributed by atoms with van der Waals surface area (Å²) in [5.41, 5.74) is 0.609. The number of sulfonamides is 1. The van der Waals surface area contributed by atoms with Crippen LogP contribution in [0.5, 0.6) is 11.5 Å². The van der Waals surface area contributed by atoms with E-state index in [0.29, 0.717) is 24.5 Å². The molecule has 0 heterocycles. The molecule has 2 aromatic carbocycles. The highest BCUT2D eigenvalue weighted by atomic mass is 79.9. The second kappa shape index (κ2) is 16.9. The minimum atomic E-state index is -3.78. The zero-order valence-corrected chi connectivity index (χ0v) is 30.7. The molecule has 0 aliphatic heterocycles. The number of rotatable bonds is 19. The number of carbonyl (C=O) groups excluding carboxylic acids is 1. The van der Waals surface area contributed by atoms with E-state index in [4.69, 9.17) is 18.9 Å². The molecule has 0 aromatic heterocycles. The van der Waals surface area contributed by atoms with Crippen molar-refractivity contribution in [2.45, 2.75) is 57.5 Å². The molecule has 1 amide bonds. The number of aliphatic hydroxyl groups is 1. The van der Waals surface area contributed by atoms with Crippen molar-refractivity contribution >= 4 is 53.7 Å². The molecular formula is C29H47BrN2O8SSi2. The van der Waals surface area contributed by atoms with Gasteiger partial charge in [-0.2, -0.15) is 0 Å². The fourth-order valence-corrected chi connectivity index (χ4v) is 6.07. The Bertz CT molecular complexity index is 1270. The summed E-state index contributed by atoms with van der Waals surface area (Å²) in [5.74, 6) is 0.401. The summed E-state index contributed by atoms with van der Waals surface area (Å²) >= 11 is 3.35. The first-order valence-electron chi connectivity index (χ1n) is 14.2. The van der Waals surface area contributed by atoms with E-state index in [1.54, 1.807) is 36.4 Å². The Hall–Kier alpha value is -1.95. The van der Waals surface area contributed by atoms with E-state index in [9.17, 15) is 18.3 Å². The molecule has 0 saturated carbocycles. The molecule has 0 radical (unpaired) electrons. The Morgan fingerprint density at radius 1 is 0.953 bits per heavy atom. The van der Waals surface area contributed by atoms with Gasteiger partial charge in [0.25, 0.3) is 5.91 Å². The molecular weight excluding hydrogens is 672 g/mol. The quantitative estimate of drug-likeness (QED) is 0.112. The summed E-state index contributed by atoms with van der Waals surface area (Å²) in [5, 5.41) is 13.5. The molecule has 0 aliphatic carbocycles. The molecule has 0 saturated heterocycles. The standard InChI is InChI=1S/C29H47BrN2O8SSi2/c1-41(35,36)32(21-37-14-16-42(2,3)4)26-18-23(8-13-28(26)40-22-38-15-17-43(5,6)7)27(33)19-31-29(34)20-39-25-11-9-24(30)10-12-25/h8-13,18,27,33H,14-17,19-22H2,1-7H3,(H,31,34)/t27-/m1/s1. The van der Waals surface area contributed by atoms with Crippen LogP contribution in [0, 0.1) is 0 Å². The van der Waals surface area contributed by atoms with Crippen LogP contribution >= 0.6 is 15.9 Å². The van der Waals surface area contributed by atoms with E-state index >= 15 is 0 Å². The van der Waals surface area contributed by atoms with Crippen molar-refractivity contribution in [2.24, 2.45) is 0 Å². The van der Waals surface area contributed by atoms with Gasteiger partial charge in [-0.3, -0.25) is 4.79 Å². The first-order chi connectivity index (χ1) is 19.9. The Morgan fingerprint density at radius 3 is 2.14 bits per heavy atom. The molecule has 0 bridgehead atoms. The molecule has 242 valence electrons. The second-order valence-corrected chi connectivity index (χ2v) is 26.8. The lowest BCUT2D eigenvalue weighted by Crippen LogP contribution is -2.34. The first kappa shape index (κ1) is 37.2. The monoisotopic (exact) mass is 718 g/mol. The number of nitrogens with one attached hydrogen (secondary N) is 1. The number of halogens is 1. The van der Waals surface area contributed by atoms with Crippen molar-refractivity contribution in [1.82, 2.24) is 5.32 Å². The zero-order valence-electron chi connectivity index (χ0n) is 26.3. The van der Waals surface area contributed by atoms with Gasteiger partial charge in [-0.15, -0.1) is 0 Å². The van der Waals surface area contributed by atoms with E-state index in [1.807, 2.05) is 0 Å². The van der Waals surface area contributed by atoms with Gasteiger partial charge in [-0.1, -0.05) is 61.3 Å². The summed E-state index contributed by atoms with van der Waals surface area (Å²) < 4.78 is 50.6. The Labute approximate surface area is 267 Å². The third kappa shape index (κ3) is 15.1. The van der Waals surface area contributed by atoms with E-state index in [1.165, 1.54) is 6.07 Å². The third-order valence-electron chi connectivity index (χ3n) is 6.21. The van der Waals surface area contributed by atoms with Crippen molar-refractivity contribution in [3.8, 4) is 11.5 Å². The average molecular weight is 720 g/mol. The number of ether oxygens (including phenoxy) is 4. The highest BCUT2D eigenvalue weighted by molar-refractivity contribution is 9.10. The second-order valence-electron chi connectivity index (χ2n) is 12.7. The smallest absolute Gasteiger partial charge is 0.258 e. The fraction of sp³-hybridized carbons (Fsp3) is 0.552. The molecule has 0 spiro atoms. The molecule has 2 aromatic rings. The Morgan fingerprint density at radius 2 is 1.56 bits per heavy atom. The molecule has 10 nitrogen and oxygen atoms in total. The lowest BCUT2D eigenvalue weighted by molar-refractivity contribution is -0.123. The highest BCUT2D eigenvalue weighted by Gasteiger charge is 2.24. The van der Waals surface area contributed by atoms with Crippen LogP contribution in [0.4, 0.5) is 5.69 Å². The van der Waals surface area contributed by atoms with Gasteiger partial charge in [-0.25, -0.2) is 12.7 Å². The molecule has 14 heteroatoms. The topological polar surface area (TPSA) is 124 Å². The van der Waals surface area contributed by atoms with Crippen molar-refractivity contribution in [1.29, 1.82) is 0 Å². The van der Waals surface area contributed by atoms with E-state index in [2.05, 4.69) is 60.5 Å². The van der Waals surface area contributed by atoms with Crippen LogP contribution in [-0.4, -0.2) is 81.7 Å². The molecule has 0 aliphatic rings. The number of nitrogens with zero attached hydrogens (tertiary/aromatic N) is 1. The molecule has 43 heavy (non-hydrogen) atoms. The van der Waals surface area contributed by atoms with Gasteiger partial charge in [0, 0.05) is 40.4 Å². The zero-order chi connectivity index (χ0) is 32.3. The van der Waals surface area contributed by atoms with Crippen LogP contribution in [0.25, 0.3) is 0 Å². The highest BCUT2D eigenvalue weighted by Crippen LogP contribution is 2.33. The van der Waals surface area contributed by atoms with Gasteiger partial charge < -0.3 is 29.4 Å². The Balaban J connectivity index is 2.16. The maximum Gasteiger partial charge on any atom is 0.258 e. The van der Waals surface area contributed by atoms with Crippen LogP contribution in [0.15, 0.2) is 46.9 Å². The van der Waals surface area contributed by atoms with Gasteiger partial charge in [0.15, 0.2) is 13.4 Å². The largest absolute Gasteiger partial charge is 0.484 e. The van der Waals surface area contributed by atoms with E-state index in [-0.39, 0.29) is 38.1 Å². The minimum Gasteiger partial charge on any atom is -0.484 e. The van der Waals surface area contributed by atoms with Crippen LogP contribution in [-0.2, 0) is 24.3 Å². The minimum absolute atomic E-state index is 0.0537. The SMILES string of the molecule is C[Si](C)(C)CCOCOc1ccc([C@H](O)CNC(=O)COc2ccc(Br)cc2)cc1N(COCC[Si](C)(C)C)S(C)(=O)=O. The lowest BCUT2D eigenvalue weighted by atomic mass is 10.1. The summed E-state index contributed by atoms with van der Waals surface area (Å²) in [6.45, 7) is 13.8.